The topological polar surface area (TPSA) is 49.6 Å². The van der Waals surface area contributed by atoms with Gasteiger partial charge in [0.1, 0.15) is 10.7 Å². The minimum absolute atomic E-state index is 0.00485. The third-order valence-corrected chi connectivity index (χ3v) is 5.04. The lowest BCUT2D eigenvalue weighted by Gasteiger charge is -2.22. The van der Waals surface area contributed by atoms with E-state index in [2.05, 4.69) is 4.90 Å². The molecule has 1 amide bonds. The second kappa shape index (κ2) is 7.10. The van der Waals surface area contributed by atoms with Crippen LogP contribution >= 0.6 is 11.3 Å². The number of thiophene rings is 1. The average Bonchev–Trinajstić information content (AvgIpc) is 2.83. The van der Waals surface area contributed by atoms with Gasteiger partial charge in [-0.25, -0.2) is 4.39 Å². The zero-order valence-electron chi connectivity index (χ0n) is 12.9. The van der Waals surface area contributed by atoms with Crippen LogP contribution in [0, 0.1) is 5.82 Å². The van der Waals surface area contributed by atoms with E-state index in [0.717, 1.165) is 19.5 Å². The SMILES string of the molecule is Nc1ccsc1C(=O)N1CCCN(Cc2ccccc2F)CC1. The molecule has 2 aromatic rings. The fourth-order valence-corrected chi connectivity index (χ4v) is 3.62. The maximum Gasteiger partial charge on any atom is 0.266 e. The van der Waals surface area contributed by atoms with Crippen molar-refractivity contribution in [2.24, 2.45) is 0 Å². The Morgan fingerprint density at radius 1 is 1.17 bits per heavy atom. The summed E-state index contributed by atoms with van der Waals surface area (Å²) >= 11 is 1.38. The second-order valence-corrected chi connectivity index (χ2v) is 6.63. The van der Waals surface area contributed by atoms with Gasteiger partial charge in [0.25, 0.3) is 5.91 Å². The molecule has 4 nitrogen and oxygen atoms in total. The molecule has 0 bridgehead atoms. The third kappa shape index (κ3) is 3.71. The highest BCUT2D eigenvalue weighted by Crippen LogP contribution is 2.22. The first-order valence-corrected chi connectivity index (χ1v) is 8.61. The number of halogens is 1. The molecule has 0 aliphatic carbocycles. The van der Waals surface area contributed by atoms with Crippen molar-refractivity contribution < 1.29 is 9.18 Å². The van der Waals surface area contributed by atoms with Gasteiger partial charge in [-0.2, -0.15) is 0 Å². The predicted molar refractivity (Wildman–Crippen MR) is 90.9 cm³/mol. The fourth-order valence-electron chi connectivity index (χ4n) is 2.84. The van der Waals surface area contributed by atoms with Gasteiger partial charge in [-0.05, 0) is 23.9 Å². The molecule has 0 spiro atoms. The number of benzene rings is 1. The molecule has 1 aromatic heterocycles. The Morgan fingerprint density at radius 2 is 2.00 bits per heavy atom. The second-order valence-electron chi connectivity index (χ2n) is 5.72. The van der Waals surface area contributed by atoms with E-state index in [1.165, 1.54) is 17.4 Å². The van der Waals surface area contributed by atoms with Gasteiger partial charge in [-0.15, -0.1) is 11.3 Å². The Morgan fingerprint density at radius 3 is 2.74 bits per heavy atom. The van der Waals surface area contributed by atoms with Crippen molar-refractivity contribution in [3.63, 3.8) is 0 Å². The predicted octanol–water partition coefficient (Wildman–Crippen LogP) is 2.82. The summed E-state index contributed by atoms with van der Waals surface area (Å²) in [5.74, 6) is -0.165. The van der Waals surface area contributed by atoms with Crippen LogP contribution in [0.5, 0.6) is 0 Å². The molecule has 0 saturated carbocycles. The smallest absolute Gasteiger partial charge is 0.266 e. The monoisotopic (exact) mass is 333 g/mol. The van der Waals surface area contributed by atoms with Crippen molar-refractivity contribution in [3.05, 3.63) is 52.0 Å². The maximum atomic E-state index is 13.8. The molecule has 3 rings (SSSR count). The summed E-state index contributed by atoms with van der Waals surface area (Å²) in [4.78, 5) is 17.2. The van der Waals surface area contributed by atoms with Gasteiger partial charge in [0.2, 0.25) is 0 Å². The zero-order chi connectivity index (χ0) is 16.2. The number of nitrogens with zero attached hydrogens (tertiary/aromatic N) is 2. The van der Waals surface area contributed by atoms with E-state index in [9.17, 15) is 9.18 Å². The molecule has 1 fully saturated rings. The van der Waals surface area contributed by atoms with E-state index < -0.39 is 0 Å². The molecule has 6 heteroatoms. The minimum Gasteiger partial charge on any atom is -0.397 e. The molecule has 0 unspecified atom stereocenters. The first kappa shape index (κ1) is 16.0. The summed E-state index contributed by atoms with van der Waals surface area (Å²) in [6.07, 6.45) is 0.880. The van der Waals surface area contributed by atoms with Crippen LogP contribution in [0.15, 0.2) is 35.7 Å². The van der Waals surface area contributed by atoms with Gasteiger partial charge in [0, 0.05) is 38.3 Å². The summed E-state index contributed by atoms with van der Waals surface area (Å²) in [5.41, 5.74) is 7.10. The van der Waals surface area contributed by atoms with Crippen molar-refractivity contribution >= 4 is 22.9 Å². The summed E-state index contributed by atoms with van der Waals surface area (Å²) in [6.45, 7) is 3.54. The molecule has 1 aliphatic heterocycles. The number of nitrogen functional groups attached to an aromatic ring is 1. The molecule has 1 aromatic carbocycles. The van der Waals surface area contributed by atoms with Crippen molar-refractivity contribution in [1.29, 1.82) is 0 Å². The molecule has 2 heterocycles. The molecule has 122 valence electrons. The number of hydrogen-bond donors (Lipinski definition) is 1. The van der Waals surface area contributed by atoms with Crippen LogP contribution in [0.25, 0.3) is 0 Å². The highest BCUT2D eigenvalue weighted by molar-refractivity contribution is 7.12. The fraction of sp³-hybridized carbons (Fsp3) is 0.353. The van der Waals surface area contributed by atoms with Crippen LogP contribution < -0.4 is 5.73 Å². The normalized spacial score (nSPS) is 16.3. The van der Waals surface area contributed by atoms with E-state index >= 15 is 0 Å². The number of hydrogen-bond acceptors (Lipinski definition) is 4. The number of anilines is 1. The number of nitrogens with two attached hydrogens (primary N) is 1. The Bertz CT molecular complexity index is 688. The van der Waals surface area contributed by atoms with E-state index in [0.29, 0.717) is 35.8 Å². The summed E-state index contributed by atoms with van der Waals surface area (Å²) in [6, 6.07) is 8.62. The molecule has 1 saturated heterocycles. The van der Waals surface area contributed by atoms with Gasteiger partial charge >= 0.3 is 0 Å². The maximum absolute atomic E-state index is 13.8. The van der Waals surface area contributed by atoms with Crippen molar-refractivity contribution in [3.8, 4) is 0 Å². The Labute approximate surface area is 139 Å². The standard InChI is InChI=1S/C17H20FN3OS/c18-14-5-2-1-4-13(14)12-20-7-3-8-21(10-9-20)17(22)16-15(19)6-11-23-16/h1-2,4-6,11H,3,7-10,12,19H2. The average molecular weight is 333 g/mol. The van der Waals surface area contributed by atoms with E-state index in [1.807, 2.05) is 22.4 Å². The summed E-state index contributed by atoms with van der Waals surface area (Å²) < 4.78 is 13.8. The molecule has 0 radical (unpaired) electrons. The molecular formula is C17H20FN3OS. The molecule has 2 N–H and O–H groups in total. The van der Waals surface area contributed by atoms with Gasteiger partial charge in [0.05, 0.1) is 5.69 Å². The van der Waals surface area contributed by atoms with Gasteiger partial charge in [0.15, 0.2) is 0 Å². The zero-order valence-corrected chi connectivity index (χ0v) is 13.7. The van der Waals surface area contributed by atoms with Gasteiger partial charge in [-0.3, -0.25) is 9.69 Å². The lowest BCUT2D eigenvalue weighted by molar-refractivity contribution is 0.0767. The van der Waals surface area contributed by atoms with Crippen LogP contribution in [-0.2, 0) is 6.54 Å². The summed E-state index contributed by atoms with van der Waals surface area (Å²) in [7, 11) is 0. The van der Waals surface area contributed by atoms with Crippen LogP contribution in [0.3, 0.4) is 0 Å². The third-order valence-electron chi connectivity index (χ3n) is 4.12. The summed E-state index contributed by atoms with van der Waals surface area (Å²) in [5, 5.41) is 1.84. The van der Waals surface area contributed by atoms with Crippen molar-refractivity contribution in [2.75, 3.05) is 31.9 Å². The highest BCUT2D eigenvalue weighted by Gasteiger charge is 2.22. The van der Waals surface area contributed by atoms with Crippen LogP contribution in [0.2, 0.25) is 0 Å². The molecule has 1 aliphatic rings. The largest absolute Gasteiger partial charge is 0.397 e. The minimum atomic E-state index is -0.170. The van der Waals surface area contributed by atoms with Crippen LogP contribution in [-0.4, -0.2) is 41.9 Å². The lowest BCUT2D eigenvalue weighted by Crippen LogP contribution is -2.35. The Kier molecular flexibility index (Phi) is 4.93. The van der Waals surface area contributed by atoms with Crippen LogP contribution in [0.4, 0.5) is 10.1 Å². The van der Waals surface area contributed by atoms with E-state index in [-0.39, 0.29) is 11.7 Å². The number of carbonyl (C=O) groups is 1. The van der Waals surface area contributed by atoms with Gasteiger partial charge in [-0.1, -0.05) is 18.2 Å². The van der Waals surface area contributed by atoms with E-state index in [4.69, 9.17) is 5.73 Å². The Balaban J connectivity index is 1.62. The quantitative estimate of drug-likeness (QED) is 0.940. The molecular weight excluding hydrogens is 313 g/mol. The highest BCUT2D eigenvalue weighted by atomic mass is 32.1. The van der Waals surface area contributed by atoms with Gasteiger partial charge < -0.3 is 10.6 Å². The van der Waals surface area contributed by atoms with Crippen molar-refractivity contribution in [1.82, 2.24) is 9.80 Å². The van der Waals surface area contributed by atoms with E-state index in [1.54, 1.807) is 12.1 Å². The van der Waals surface area contributed by atoms with Crippen LogP contribution in [0.1, 0.15) is 21.7 Å². The Hall–Kier alpha value is -1.92. The van der Waals surface area contributed by atoms with Crippen molar-refractivity contribution in [2.45, 2.75) is 13.0 Å². The number of carbonyl (C=O) groups excluding carboxylic acids is 1. The molecule has 0 atom stereocenters. The number of amides is 1. The first-order chi connectivity index (χ1) is 11.1. The first-order valence-electron chi connectivity index (χ1n) is 7.73. The molecule has 23 heavy (non-hydrogen) atoms. The lowest BCUT2D eigenvalue weighted by atomic mass is 10.2. The number of rotatable bonds is 3.